The largest absolute Gasteiger partial charge is 0.463 e. The van der Waals surface area contributed by atoms with E-state index in [9.17, 15) is 9.59 Å². The average molecular weight is 424 g/mol. The van der Waals surface area contributed by atoms with E-state index in [1.54, 1.807) is 6.92 Å². The molecule has 0 saturated carbocycles. The van der Waals surface area contributed by atoms with Crippen LogP contribution in [0.25, 0.3) is 0 Å². The van der Waals surface area contributed by atoms with Gasteiger partial charge in [-0.25, -0.2) is 4.79 Å². The van der Waals surface area contributed by atoms with Gasteiger partial charge in [0.05, 0.1) is 23.8 Å². The third-order valence-corrected chi connectivity index (χ3v) is 5.62. The molecule has 1 heterocycles. The number of halogens is 1. The Morgan fingerprint density at radius 1 is 1.07 bits per heavy atom. The highest BCUT2D eigenvalue weighted by Crippen LogP contribution is 2.46. The summed E-state index contributed by atoms with van der Waals surface area (Å²) in [5.74, 6) is -1.32. The van der Waals surface area contributed by atoms with Crippen molar-refractivity contribution in [2.75, 3.05) is 6.61 Å². The van der Waals surface area contributed by atoms with Gasteiger partial charge in [0, 0.05) is 27.2 Å². The number of carbonyl (C=O) groups is 2. The molecule has 2 aliphatic rings. The second-order valence-electron chi connectivity index (χ2n) is 6.63. The molecule has 1 aliphatic carbocycles. The summed E-state index contributed by atoms with van der Waals surface area (Å²) >= 11 is 3.45. The molecule has 1 aliphatic heterocycles. The molecule has 2 aromatic carbocycles. The maximum Gasteiger partial charge on any atom is 0.336 e. The quantitative estimate of drug-likeness (QED) is 0.673. The van der Waals surface area contributed by atoms with E-state index >= 15 is 0 Å². The Labute approximate surface area is 166 Å². The van der Waals surface area contributed by atoms with Crippen LogP contribution in [0.1, 0.15) is 41.3 Å². The molecule has 0 N–H and O–H groups in total. The highest BCUT2D eigenvalue weighted by atomic mass is 79.9. The molecule has 4 rings (SSSR count). The van der Waals surface area contributed by atoms with Crippen molar-refractivity contribution >= 4 is 33.4 Å². The fourth-order valence-corrected chi connectivity index (χ4v) is 4.23. The average Bonchev–Trinajstić information content (AvgIpc) is 2.94. The number of allylic oxidation sites excluding steroid dienone is 1. The first-order valence-electron chi connectivity index (χ1n) is 8.88. The maximum absolute atomic E-state index is 13.2. The Balaban J connectivity index is 1.93. The van der Waals surface area contributed by atoms with Gasteiger partial charge >= 0.3 is 5.97 Å². The number of ether oxygens (including phenoxy) is 1. The summed E-state index contributed by atoms with van der Waals surface area (Å²) in [6.07, 6.45) is 0. The van der Waals surface area contributed by atoms with Crippen LogP contribution in [0.5, 0.6) is 0 Å². The van der Waals surface area contributed by atoms with Crippen LogP contribution in [0.15, 0.2) is 69.3 Å². The number of Topliss-reactive ketones (excluding diaryl/α,β-unsaturated/α-hetero) is 1. The molecular weight excluding hydrogens is 406 g/mol. The van der Waals surface area contributed by atoms with Gasteiger partial charge in [-0.1, -0.05) is 52.3 Å². The third-order valence-electron chi connectivity index (χ3n) is 5.09. The van der Waals surface area contributed by atoms with Crippen molar-refractivity contribution in [1.29, 1.82) is 0 Å². The number of nitrogens with zero attached hydrogens (tertiary/aromatic N) is 1. The predicted molar refractivity (Wildman–Crippen MR) is 107 cm³/mol. The Morgan fingerprint density at radius 3 is 2.41 bits per heavy atom. The molecule has 0 spiro atoms. The normalized spacial score (nSPS) is 20.9. The summed E-state index contributed by atoms with van der Waals surface area (Å²) in [7, 11) is 0. The monoisotopic (exact) mass is 423 g/mol. The number of rotatable bonds is 3. The minimum absolute atomic E-state index is 0.00608. The van der Waals surface area contributed by atoms with E-state index < -0.39 is 17.8 Å². The smallest absolute Gasteiger partial charge is 0.336 e. The molecule has 0 aromatic heterocycles. The summed E-state index contributed by atoms with van der Waals surface area (Å²) in [6, 6.07) is 15.3. The van der Waals surface area contributed by atoms with Gasteiger partial charge in [0.2, 0.25) is 0 Å². The fraction of sp³-hybridized carbons (Fsp3) is 0.227. The molecule has 4 nitrogen and oxygen atoms in total. The molecular formula is C22H18BrNO3. The summed E-state index contributed by atoms with van der Waals surface area (Å²) < 4.78 is 6.24. The number of esters is 1. The van der Waals surface area contributed by atoms with E-state index in [2.05, 4.69) is 20.9 Å². The SMILES string of the molecule is CCOC(=O)C1=C(C)N=C2c3ccccc3C(=O)[C@H]2[C@@H]1c1ccc(Br)cc1. The number of ketones is 1. The zero-order valence-electron chi connectivity index (χ0n) is 15.0. The van der Waals surface area contributed by atoms with Crippen LogP contribution in [0, 0.1) is 5.92 Å². The maximum atomic E-state index is 13.2. The summed E-state index contributed by atoms with van der Waals surface area (Å²) in [6.45, 7) is 3.86. The van der Waals surface area contributed by atoms with Gasteiger partial charge in [-0.3, -0.25) is 9.79 Å². The summed E-state index contributed by atoms with van der Waals surface area (Å²) in [4.78, 5) is 30.7. The lowest BCUT2D eigenvalue weighted by atomic mass is 9.75. The topological polar surface area (TPSA) is 55.7 Å². The number of hydrogen-bond donors (Lipinski definition) is 0. The molecule has 0 fully saturated rings. The lowest BCUT2D eigenvalue weighted by Crippen LogP contribution is -2.32. The van der Waals surface area contributed by atoms with E-state index in [1.807, 2.05) is 55.5 Å². The Morgan fingerprint density at radius 2 is 1.74 bits per heavy atom. The molecule has 0 saturated heterocycles. The zero-order valence-corrected chi connectivity index (χ0v) is 16.6. The predicted octanol–water partition coefficient (Wildman–Crippen LogP) is 4.69. The Bertz CT molecular complexity index is 1000. The molecule has 0 bridgehead atoms. The van der Waals surface area contributed by atoms with Crippen LogP contribution in [-0.2, 0) is 9.53 Å². The molecule has 0 unspecified atom stereocenters. The van der Waals surface area contributed by atoms with Crippen LogP contribution in [0.3, 0.4) is 0 Å². The molecule has 0 radical (unpaired) electrons. The van der Waals surface area contributed by atoms with E-state index in [4.69, 9.17) is 4.74 Å². The van der Waals surface area contributed by atoms with Crippen molar-refractivity contribution in [2.45, 2.75) is 19.8 Å². The van der Waals surface area contributed by atoms with E-state index in [0.29, 0.717) is 16.8 Å². The highest BCUT2D eigenvalue weighted by Gasteiger charge is 2.47. The van der Waals surface area contributed by atoms with Crippen LogP contribution in [-0.4, -0.2) is 24.1 Å². The van der Waals surface area contributed by atoms with Gasteiger partial charge in [-0.2, -0.15) is 0 Å². The van der Waals surface area contributed by atoms with E-state index in [-0.39, 0.29) is 12.4 Å². The zero-order chi connectivity index (χ0) is 19.1. The van der Waals surface area contributed by atoms with Gasteiger partial charge in [0.25, 0.3) is 0 Å². The number of fused-ring (bicyclic) bond motifs is 3. The minimum atomic E-state index is -0.508. The number of carbonyl (C=O) groups excluding carboxylic acids is 2. The lowest BCUT2D eigenvalue weighted by Gasteiger charge is -2.30. The van der Waals surface area contributed by atoms with Crippen molar-refractivity contribution in [3.63, 3.8) is 0 Å². The molecule has 5 heteroatoms. The number of benzene rings is 2. The van der Waals surface area contributed by atoms with Gasteiger partial charge < -0.3 is 4.74 Å². The molecule has 2 aromatic rings. The van der Waals surface area contributed by atoms with Crippen LogP contribution < -0.4 is 0 Å². The number of hydrogen-bond acceptors (Lipinski definition) is 4. The first-order chi connectivity index (χ1) is 13.0. The Hall–Kier alpha value is -2.53. The highest BCUT2D eigenvalue weighted by molar-refractivity contribution is 9.10. The van der Waals surface area contributed by atoms with Crippen LogP contribution >= 0.6 is 15.9 Å². The van der Waals surface area contributed by atoms with Crippen molar-refractivity contribution in [3.8, 4) is 0 Å². The van der Waals surface area contributed by atoms with E-state index in [1.165, 1.54) is 0 Å². The summed E-state index contributed by atoms with van der Waals surface area (Å²) in [5.41, 5.74) is 4.25. The van der Waals surface area contributed by atoms with Crippen molar-refractivity contribution in [2.24, 2.45) is 10.9 Å². The van der Waals surface area contributed by atoms with Crippen molar-refractivity contribution in [3.05, 3.63) is 81.0 Å². The second-order valence-corrected chi connectivity index (χ2v) is 7.55. The minimum Gasteiger partial charge on any atom is -0.463 e. The first kappa shape index (κ1) is 17.9. The second kappa shape index (κ2) is 6.89. The number of aliphatic imine (C=N–C) groups is 1. The molecule has 0 amide bonds. The van der Waals surface area contributed by atoms with Crippen molar-refractivity contribution in [1.82, 2.24) is 0 Å². The van der Waals surface area contributed by atoms with Gasteiger partial charge in [0.15, 0.2) is 5.78 Å². The molecule has 136 valence electrons. The summed E-state index contributed by atoms with van der Waals surface area (Å²) in [5, 5.41) is 0. The fourth-order valence-electron chi connectivity index (χ4n) is 3.96. The standard InChI is InChI=1S/C22H18BrNO3/c1-3-27-22(26)17-12(2)24-20-15-6-4-5-7-16(15)21(25)19(20)18(17)13-8-10-14(23)11-9-13/h4-11,18-19H,3H2,1-2H3/t18-,19+/m1/s1. The molecule has 27 heavy (non-hydrogen) atoms. The van der Waals surface area contributed by atoms with Crippen molar-refractivity contribution < 1.29 is 14.3 Å². The first-order valence-corrected chi connectivity index (χ1v) is 9.67. The van der Waals surface area contributed by atoms with Gasteiger partial charge in [-0.15, -0.1) is 0 Å². The van der Waals surface area contributed by atoms with E-state index in [0.717, 1.165) is 21.3 Å². The lowest BCUT2D eigenvalue weighted by molar-refractivity contribution is -0.139. The van der Waals surface area contributed by atoms with Gasteiger partial charge in [-0.05, 0) is 31.5 Å². The third kappa shape index (κ3) is 2.86. The van der Waals surface area contributed by atoms with Crippen LogP contribution in [0.4, 0.5) is 0 Å². The van der Waals surface area contributed by atoms with Gasteiger partial charge in [0.1, 0.15) is 0 Å². The van der Waals surface area contributed by atoms with Crippen LogP contribution in [0.2, 0.25) is 0 Å². The molecule has 2 atom stereocenters. The Kier molecular flexibility index (Phi) is 4.56.